The lowest BCUT2D eigenvalue weighted by atomic mass is 10.0. The van der Waals surface area contributed by atoms with Crippen LogP contribution in [0.5, 0.6) is 5.75 Å². The Hall–Kier alpha value is -6.12. The monoisotopic (exact) mass is 752 g/mol. The summed E-state index contributed by atoms with van der Waals surface area (Å²) in [7, 11) is 1.28. The van der Waals surface area contributed by atoms with Gasteiger partial charge in [-0.05, 0) is 68.0 Å². The number of hydrogen-bond donors (Lipinski definition) is 4. The van der Waals surface area contributed by atoms with E-state index < -0.39 is 18.2 Å². The number of amides is 4. The van der Waals surface area contributed by atoms with E-state index >= 15 is 0 Å². The Kier molecular flexibility index (Phi) is 11.9. The molecule has 2 aliphatic rings. The normalized spacial score (nSPS) is 17.5. The van der Waals surface area contributed by atoms with Crippen LogP contribution in [0.2, 0.25) is 0 Å². The van der Waals surface area contributed by atoms with Crippen molar-refractivity contribution in [2.75, 3.05) is 50.1 Å². The highest BCUT2D eigenvalue weighted by atomic mass is 16.5. The minimum atomic E-state index is -0.928. The van der Waals surface area contributed by atoms with Crippen molar-refractivity contribution in [2.24, 2.45) is 5.92 Å². The zero-order valence-corrected chi connectivity index (χ0v) is 31.7. The van der Waals surface area contributed by atoms with Gasteiger partial charge in [0.25, 0.3) is 5.91 Å². The van der Waals surface area contributed by atoms with Gasteiger partial charge in [0.15, 0.2) is 0 Å². The molecule has 2 aromatic heterocycles. The highest BCUT2D eigenvalue weighted by molar-refractivity contribution is 6.04. The van der Waals surface area contributed by atoms with Crippen LogP contribution in [0.15, 0.2) is 67.0 Å². The third-order valence-corrected chi connectivity index (χ3v) is 10.1. The topological polar surface area (TPSA) is 182 Å². The standard InChI is InChI=1S/C40H48N8O7/c1-6-55-33-20-29(43-37(49)28-13-16-34(41-21-28)47-19-18-46(40(52)53)23-25(47)4)14-15-30(33)26-9-11-27(12-10-26)31-22-42-36(44-31)32-8-7-17-48(32)38(50)35(24(2)3)45-39(51)54-5/h9-16,20-22,24-25,32,35H,6-8,17-19,23H2,1-5H3,(H,42,44)(H,43,49)(H,45,51)(H,52,53)/t25-,32+,35+/m1/s1. The summed E-state index contributed by atoms with van der Waals surface area (Å²) in [4.78, 5) is 67.8. The van der Waals surface area contributed by atoms with Crippen molar-refractivity contribution in [3.8, 4) is 28.1 Å². The quantitative estimate of drug-likeness (QED) is 0.141. The average molecular weight is 753 g/mol. The number of ether oxygens (including phenoxy) is 2. The fourth-order valence-corrected chi connectivity index (χ4v) is 7.15. The van der Waals surface area contributed by atoms with Crippen LogP contribution in [0.25, 0.3) is 22.4 Å². The lowest BCUT2D eigenvalue weighted by Gasteiger charge is -2.39. The molecule has 4 aromatic rings. The lowest BCUT2D eigenvalue weighted by Crippen LogP contribution is -2.53. The number of aromatic amines is 1. The molecule has 4 N–H and O–H groups in total. The zero-order chi connectivity index (χ0) is 39.2. The summed E-state index contributed by atoms with van der Waals surface area (Å²) in [6.07, 6.45) is 3.32. The number of likely N-dealkylation sites (tertiary alicyclic amines) is 1. The SMILES string of the molecule is CCOc1cc(NC(=O)c2ccc(N3CCN(C(=O)O)C[C@H]3C)nc2)ccc1-c1ccc(-c2cnc([C@@H]3CCCN3C(=O)[C@@H](NC(=O)OC)C(C)C)[nH]2)cc1. The molecule has 6 rings (SSSR count). The number of piperazine rings is 1. The van der Waals surface area contributed by atoms with Crippen LogP contribution >= 0.6 is 0 Å². The second-order valence-corrected chi connectivity index (χ2v) is 14.1. The van der Waals surface area contributed by atoms with Crippen LogP contribution in [0.3, 0.4) is 0 Å². The molecule has 0 aliphatic carbocycles. The molecule has 0 spiro atoms. The minimum Gasteiger partial charge on any atom is -0.493 e. The Labute approximate surface area is 320 Å². The van der Waals surface area contributed by atoms with Gasteiger partial charge in [0.1, 0.15) is 23.4 Å². The number of carboxylic acid groups (broad SMARTS) is 1. The summed E-state index contributed by atoms with van der Waals surface area (Å²) in [5, 5.41) is 14.9. The summed E-state index contributed by atoms with van der Waals surface area (Å²) in [5.74, 6) is 1.41. The number of carbonyl (C=O) groups is 4. The lowest BCUT2D eigenvalue weighted by molar-refractivity contribution is -0.135. The summed E-state index contributed by atoms with van der Waals surface area (Å²) in [6, 6.07) is 16.0. The first-order chi connectivity index (χ1) is 26.5. The smallest absolute Gasteiger partial charge is 0.407 e. The number of rotatable bonds is 11. The summed E-state index contributed by atoms with van der Waals surface area (Å²) >= 11 is 0. The van der Waals surface area contributed by atoms with Crippen molar-refractivity contribution in [1.82, 2.24) is 30.1 Å². The Bertz CT molecular complexity index is 2000. The summed E-state index contributed by atoms with van der Waals surface area (Å²) in [5.41, 5.74) is 4.48. The van der Waals surface area contributed by atoms with E-state index in [9.17, 15) is 24.3 Å². The number of alkyl carbamates (subject to hydrolysis) is 1. The molecule has 4 heterocycles. The van der Waals surface area contributed by atoms with Crippen molar-refractivity contribution in [3.05, 3.63) is 78.4 Å². The van der Waals surface area contributed by atoms with Crippen molar-refractivity contribution in [3.63, 3.8) is 0 Å². The molecule has 2 saturated heterocycles. The van der Waals surface area contributed by atoms with E-state index in [2.05, 4.69) is 25.6 Å². The van der Waals surface area contributed by atoms with Gasteiger partial charge in [0.05, 0.1) is 37.2 Å². The Morgan fingerprint density at radius 2 is 1.75 bits per heavy atom. The maximum Gasteiger partial charge on any atom is 0.407 e. The molecule has 0 unspecified atom stereocenters. The van der Waals surface area contributed by atoms with Gasteiger partial charge in [0.2, 0.25) is 5.91 Å². The van der Waals surface area contributed by atoms with Crippen molar-refractivity contribution in [2.45, 2.75) is 58.7 Å². The van der Waals surface area contributed by atoms with Crippen LogP contribution in [0.1, 0.15) is 62.8 Å². The first-order valence-corrected chi connectivity index (χ1v) is 18.6. The Morgan fingerprint density at radius 3 is 2.40 bits per heavy atom. The summed E-state index contributed by atoms with van der Waals surface area (Å²) in [6.45, 7) is 9.94. The van der Waals surface area contributed by atoms with E-state index in [1.807, 2.05) is 69.0 Å². The number of carbonyl (C=O) groups excluding carboxylic acids is 3. The number of hydrogen-bond acceptors (Lipinski definition) is 9. The van der Waals surface area contributed by atoms with Crippen LogP contribution in [0.4, 0.5) is 21.1 Å². The second kappa shape index (κ2) is 16.9. The molecule has 2 aromatic carbocycles. The van der Waals surface area contributed by atoms with Gasteiger partial charge in [-0.25, -0.2) is 19.6 Å². The van der Waals surface area contributed by atoms with Crippen molar-refractivity contribution >= 4 is 35.5 Å². The number of benzene rings is 2. The third kappa shape index (κ3) is 8.66. The third-order valence-electron chi connectivity index (χ3n) is 10.1. The molecule has 2 fully saturated rings. The molecule has 0 saturated carbocycles. The average Bonchev–Trinajstić information content (AvgIpc) is 3.88. The van der Waals surface area contributed by atoms with Crippen LogP contribution in [0, 0.1) is 5.92 Å². The van der Waals surface area contributed by atoms with E-state index in [-0.39, 0.29) is 29.8 Å². The molecule has 290 valence electrons. The predicted octanol–water partition coefficient (Wildman–Crippen LogP) is 6.02. The molecular formula is C40H48N8O7. The maximum absolute atomic E-state index is 13.5. The van der Waals surface area contributed by atoms with Gasteiger partial charge >= 0.3 is 12.2 Å². The van der Waals surface area contributed by atoms with Gasteiger partial charge in [-0.2, -0.15) is 0 Å². The molecule has 2 aliphatic heterocycles. The minimum absolute atomic E-state index is 0.0449. The molecule has 4 amide bonds. The zero-order valence-electron chi connectivity index (χ0n) is 31.7. The predicted molar refractivity (Wildman–Crippen MR) is 207 cm³/mol. The van der Waals surface area contributed by atoms with Crippen LogP contribution < -0.4 is 20.3 Å². The Balaban J connectivity index is 1.12. The van der Waals surface area contributed by atoms with Gasteiger partial charge < -0.3 is 44.9 Å². The molecule has 0 radical (unpaired) electrons. The van der Waals surface area contributed by atoms with E-state index in [1.165, 1.54) is 18.2 Å². The van der Waals surface area contributed by atoms with Crippen molar-refractivity contribution in [1.29, 1.82) is 0 Å². The molecule has 3 atom stereocenters. The van der Waals surface area contributed by atoms with Crippen LogP contribution in [-0.4, -0.2) is 106 Å². The Morgan fingerprint density at radius 1 is 0.982 bits per heavy atom. The summed E-state index contributed by atoms with van der Waals surface area (Å²) < 4.78 is 10.8. The van der Waals surface area contributed by atoms with Gasteiger partial charge in [-0.15, -0.1) is 0 Å². The number of H-pyrrole nitrogens is 1. The molecule has 55 heavy (non-hydrogen) atoms. The first-order valence-electron chi connectivity index (χ1n) is 18.6. The fourth-order valence-electron chi connectivity index (χ4n) is 7.15. The molecular weight excluding hydrogens is 704 g/mol. The number of anilines is 2. The van der Waals surface area contributed by atoms with E-state index in [1.54, 1.807) is 29.3 Å². The number of aromatic nitrogens is 3. The number of methoxy groups -OCH3 is 1. The number of pyridine rings is 1. The highest BCUT2D eigenvalue weighted by Gasteiger charge is 2.37. The number of nitrogens with zero attached hydrogens (tertiary/aromatic N) is 5. The van der Waals surface area contributed by atoms with Crippen LogP contribution in [-0.2, 0) is 9.53 Å². The number of imidazole rings is 1. The maximum atomic E-state index is 13.5. The largest absolute Gasteiger partial charge is 0.493 e. The van der Waals surface area contributed by atoms with Gasteiger partial charge in [-0.3, -0.25) is 9.59 Å². The number of nitrogens with one attached hydrogen (secondary N) is 3. The van der Waals surface area contributed by atoms with E-state index in [4.69, 9.17) is 9.47 Å². The molecule has 15 nitrogen and oxygen atoms in total. The first kappa shape index (κ1) is 38.6. The van der Waals surface area contributed by atoms with E-state index in [0.717, 1.165) is 35.2 Å². The highest BCUT2D eigenvalue weighted by Crippen LogP contribution is 2.36. The van der Waals surface area contributed by atoms with Crippen molar-refractivity contribution < 1.29 is 33.8 Å². The van der Waals surface area contributed by atoms with Gasteiger partial charge in [0, 0.05) is 55.7 Å². The van der Waals surface area contributed by atoms with E-state index in [0.29, 0.717) is 61.4 Å². The molecule has 0 bridgehead atoms. The fraction of sp³-hybridized carbons (Fsp3) is 0.400. The van der Waals surface area contributed by atoms with Gasteiger partial charge in [-0.1, -0.05) is 38.1 Å². The molecule has 15 heteroatoms. The second-order valence-electron chi connectivity index (χ2n) is 14.1.